The number of anilines is 1. The van der Waals surface area contributed by atoms with Gasteiger partial charge in [-0.3, -0.25) is 9.78 Å². The van der Waals surface area contributed by atoms with Crippen molar-refractivity contribution in [1.82, 2.24) is 15.3 Å². The van der Waals surface area contributed by atoms with Crippen LogP contribution < -0.4 is 16.4 Å². The lowest BCUT2D eigenvalue weighted by Gasteiger charge is -2.29. The number of carbonyl (C=O) groups excluding carboxylic acids is 1. The summed E-state index contributed by atoms with van der Waals surface area (Å²) in [5.41, 5.74) is 6.98. The number of alkyl halides is 1. The standard InChI is InChI=1S/C15H18FN5OS/c16-11-8-18-2-1-12(11)21-13-5-9(6-14-19-3-4-23-14)20-7-10(13)15(17)22/h3-5,7,11-12,18H,1-2,6,8H2,(H2,17,22)(H,20,21)/t11-,12+/m0/s1. The van der Waals surface area contributed by atoms with E-state index in [1.165, 1.54) is 17.5 Å². The molecule has 3 rings (SSSR count). The summed E-state index contributed by atoms with van der Waals surface area (Å²) in [5.74, 6) is -0.579. The molecule has 122 valence electrons. The molecule has 0 saturated carbocycles. The molecule has 3 heterocycles. The molecule has 1 aliphatic rings. The van der Waals surface area contributed by atoms with Crippen LogP contribution in [0.25, 0.3) is 0 Å². The fourth-order valence-corrected chi connectivity index (χ4v) is 3.22. The van der Waals surface area contributed by atoms with E-state index < -0.39 is 12.1 Å². The van der Waals surface area contributed by atoms with E-state index in [2.05, 4.69) is 20.6 Å². The van der Waals surface area contributed by atoms with Gasteiger partial charge in [0.2, 0.25) is 0 Å². The monoisotopic (exact) mass is 335 g/mol. The second-order valence-electron chi connectivity index (χ2n) is 5.45. The van der Waals surface area contributed by atoms with Crippen molar-refractivity contribution >= 4 is 22.9 Å². The highest BCUT2D eigenvalue weighted by Gasteiger charge is 2.25. The number of nitrogens with one attached hydrogen (secondary N) is 2. The number of thiazole rings is 1. The number of primary amides is 1. The number of nitrogens with zero attached hydrogens (tertiary/aromatic N) is 2. The van der Waals surface area contributed by atoms with Crippen molar-refractivity contribution in [2.24, 2.45) is 5.73 Å². The molecule has 0 aromatic carbocycles. The van der Waals surface area contributed by atoms with Gasteiger partial charge in [0, 0.05) is 36.4 Å². The quantitative estimate of drug-likeness (QED) is 0.767. The van der Waals surface area contributed by atoms with Crippen LogP contribution in [-0.4, -0.2) is 41.2 Å². The summed E-state index contributed by atoms with van der Waals surface area (Å²) in [5, 5.41) is 8.96. The van der Waals surface area contributed by atoms with Gasteiger partial charge in [-0.25, -0.2) is 9.37 Å². The first-order valence-corrected chi connectivity index (χ1v) is 8.30. The number of halogens is 1. The highest BCUT2D eigenvalue weighted by Crippen LogP contribution is 2.22. The third-order valence-electron chi connectivity index (χ3n) is 3.79. The molecule has 1 fully saturated rings. The van der Waals surface area contributed by atoms with Crippen LogP contribution >= 0.6 is 11.3 Å². The zero-order valence-electron chi connectivity index (χ0n) is 12.5. The molecule has 0 spiro atoms. The summed E-state index contributed by atoms with van der Waals surface area (Å²) < 4.78 is 14.0. The van der Waals surface area contributed by atoms with Gasteiger partial charge in [0.1, 0.15) is 6.17 Å². The van der Waals surface area contributed by atoms with Crippen molar-refractivity contribution in [2.75, 3.05) is 18.4 Å². The molecule has 0 radical (unpaired) electrons. The average molecular weight is 335 g/mol. The highest BCUT2D eigenvalue weighted by atomic mass is 32.1. The highest BCUT2D eigenvalue weighted by molar-refractivity contribution is 7.09. The summed E-state index contributed by atoms with van der Waals surface area (Å²) in [4.78, 5) is 20.1. The van der Waals surface area contributed by atoms with Gasteiger partial charge in [0.15, 0.2) is 0 Å². The van der Waals surface area contributed by atoms with E-state index in [0.29, 0.717) is 25.1 Å². The van der Waals surface area contributed by atoms with E-state index in [4.69, 9.17) is 5.73 Å². The van der Waals surface area contributed by atoms with Gasteiger partial charge in [-0.15, -0.1) is 11.3 Å². The van der Waals surface area contributed by atoms with Crippen LogP contribution in [0.4, 0.5) is 10.1 Å². The maximum atomic E-state index is 14.0. The first-order valence-electron chi connectivity index (χ1n) is 7.42. The van der Waals surface area contributed by atoms with Gasteiger partial charge < -0.3 is 16.4 Å². The number of carbonyl (C=O) groups is 1. The Hall–Kier alpha value is -2.06. The second kappa shape index (κ2) is 7.01. The Morgan fingerprint density at radius 1 is 1.52 bits per heavy atom. The zero-order chi connectivity index (χ0) is 16.2. The summed E-state index contributed by atoms with van der Waals surface area (Å²) in [6.45, 7) is 1.04. The molecule has 0 bridgehead atoms. The van der Waals surface area contributed by atoms with Crippen molar-refractivity contribution in [1.29, 1.82) is 0 Å². The third kappa shape index (κ3) is 3.83. The molecule has 2 aromatic rings. The summed E-state index contributed by atoms with van der Waals surface area (Å²) in [6.07, 6.45) is 3.38. The summed E-state index contributed by atoms with van der Waals surface area (Å²) in [6, 6.07) is 1.42. The molecule has 2 atom stereocenters. The smallest absolute Gasteiger partial charge is 0.252 e. The number of rotatable bonds is 5. The van der Waals surface area contributed by atoms with Crippen molar-refractivity contribution in [3.63, 3.8) is 0 Å². The molecular formula is C15H18FN5OS. The Morgan fingerprint density at radius 3 is 3.09 bits per heavy atom. The Labute approximate surface area is 137 Å². The number of nitrogens with two attached hydrogens (primary N) is 1. The first kappa shape index (κ1) is 15.8. The Kier molecular flexibility index (Phi) is 4.82. The molecule has 1 saturated heterocycles. The van der Waals surface area contributed by atoms with E-state index in [1.54, 1.807) is 12.3 Å². The fourth-order valence-electron chi connectivity index (χ4n) is 2.59. The van der Waals surface area contributed by atoms with Gasteiger partial charge in [0.05, 0.1) is 22.3 Å². The molecule has 6 nitrogen and oxygen atoms in total. The maximum Gasteiger partial charge on any atom is 0.252 e. The van der Waals surface area contributed by atoms with E-state index in [-0.39, 0.29) is 11.6 Å². The van der Waals surface area contributed by atoms with E-state index in [9.17, 15) is 9.18 Å². The molecule has 1 aliphatic heterocycles. The largest absolute Gasteiger partial charge is 0.379 e. The molecule has 2 aromatic heterocycles. The molecule has 4 N–H and O–H groups in total. The Bertz CT molecular complexity index is 679. The van der Waals surface area contributed by atoms with Gasteiger partial charge >= 0.3 is 0 Å². The number of amides is 1. The second-order valence-corrected chi connectivity index (χ2v) is 6.43. The van der Waals surface area contributed by atoms with Crippen molar-refractivity contribution in [2.45, 2.75) is 25.1 Å². The third-order valence-corrected chi connectivity index (χ3v) is 4.57. The lowest BCUT2D eigenvalue weighted by molar-refractivity contribution is 0.100. The lowest BCUT2D eigenvalue weighted by Crippen LogP contribution is -2.45. The topological polar surface area (TPSA) is 92.9 Å². The maximum absolute atomic E-state index is 14.0. The summed E-state index contributed by atoms with van der Waals surface area (Å²) in [7, 11) is 0. The molecule has 0 unspecified atom stereocenters. The Balaban J connectivity index is 1.84. The van der Waals surface area contributed by atoms with Crippen molar-refractivity contribution in [3.05, 3.63) is 40.1 Å². The number of hydrogen-bond acceptors (Lipinski definition) is 6. The van der Waals surface area contributed by atoms with Crippen molar-refractivity contribution in [3.8, 4) is 0 Å². The van der Waals surface area contributed by atoms with Crippen molar-refractivity contribution < 1.29 is 9.18 Å². The average Bonchev–Trinajstić information content (AvgIpc) is 3.02. The summed E-state index contributed by atoms with van der Waals surface area (Å²) >= 11 is 1.54. The first-order chi connectivity index (χ1) is 11.1. The minimum absolute atomic E-state index is 0.277. The predicted octanol–water partition coefficient (Wildman–Crippen LogP) is 1.34. The van der Waals surface area contributed by atoms with Gasteiger partial charge in [-0.05, 0) is 19.0 Å². The molecule has 23 heavy (non-hydrogen) atoms. The van der Waals surface area contributed by atoms with E-state index in [0.717, 1.165) is 17.2 Å². The van der Waals surface area contributed by atoms with Gasteiger partial charge in [-0.2, -0.15) is 0 Å². The van der Waals surface area contributed by atoms with Crippen LogP contribution in [0, 0.1) is 0 Å². The number of piperidine rings is 1. The molecule has 0 aliphatic carbocycles. The Morgan fingerprint density at radius 2 is 2.39 bits per heavy atom. The van der Waals surface area contributed by atoms with Crippen LogP contribution in [0.2, 0.25) is 0 Å². The van der Waals surface area contributed by atoms with Gasteiger partial charge in [-0.1, -0.05) is 0 Å². The molecule has 8 heteroatoms. The number of pyridine rings is 1. The normalized spacial score (nSPS) is 21.1. The van der Waals surface area contributed by atoms with Gasteiger partial charge in [0.25, 0.3) is 5.91 Å². The fraction of sp³-hybridized carbons (Fsp3) is 0.400. The predicted molar refractivity (Wildman–Crippen MR) is 87.5 cm³/mol. The number of aromatic nitrogens is 2. The minimum atomic E-state index is -1.01. The van der Waals surface area contributed by atoms with E-state index in [1.807, 2.05) is 5.38 Å². The minimum Gasteiger partial charge on any atom is -0.379 e. The number of hydrogen-bond donors (Lipinski definition) is 3. The van der Waals surface area contributed by atoms with Crippen LogP contribution in [0.15, 0.2) is 23.8 Å². The molecule has 1 amide bonds. The molecular weight excluding hydrogens is 317 g/mol. The van der Waals surface area contributed by atoms with E-state index >= 15 is 0 Å². The van der Waals surface area contributed by atoms with Crippen LogP contribution in [0.5, 0.6) is 0 Å². The SMILES string of the molecule is NC(=O)c1cnc(Cc2nccs2)cc1N[C@@H]1CCNC[C@@H]1F. The zero-order valence-corrected chi connectivity index (χ0v) is 13.3. The lowest BCUT2D eigenvalue weighted by atomic mass is 10.0. The van der Waals surface area contributed by atoms with Crippen LogP contribution in [0.3, 0.4) is 0 Å². The van der Waals surface area contributed by atoms with Crippen LogP contribution in [0.1, 0.15) is 27.5 Å². The van der Waals surface area contributed by atoms with Crippen LogP contribution in [-0.2, 0) is 6.42 Å².